The zero-order chi connectivity index (χ0) is 14.5. The van der Waals surface area contributed by atoms with Gasteiger partial charge in [-0.1, -0.05) is 12.1 Å². The molecule has 0 amide bonds. The van der Waals surface area contributed by atoms with Gasteiger partial charge in [0.15, 0.2) is 0 Å². The molecule has 0 fully saturated rings. The summed E-state index contributed by atoms with van der Waals surface area (Å²) >= 11 is 0. The third-order valence-electron chi connectivity index (χ3n) is 3.68. The van der Waals surface area contributed by atoms with Crippen LogP contribution in [0.5, 0.6) is 0 Å². The molecule has 0 bridgehead atoms. The molecule has 1 N–H and O–H groups in total. The van der Waals surface area contributed by atoms with E-state index in [1.807, 2.05) is 10.9 Å². The van der Waals surface area contributed by atoms with Crippen LogP contribution in [-0.4, -0.2) is 54.3 Å². The first-order valence-electron chi connectivity index (χ1n) is 7.54. The van der Waals surface area contributed by atoms with Crippen LogP contribution in [0.15, 0.2) is 12.5 Å². The predicted molar refractivity (Wildman–Crippen MR) is 77.3 cm³/mol. The van der Waals surface area contributed by atoms with E-state index in [2.05, 4.69) is 42.2 Å². The maximum atomic E-state index is 4.18. The number of aromatic nitrogens is 6. The van der Waals surface area contributed by atoms with E-state index in [4.69, 9.17) is 0 Å². The maximum absolute atomic E-state index is 4.18. The van der Waals surface area contributed by atoms with Crippen molar-refractivity contribution in [1.82, 2.24) is 40.0 Å². The van der Waals surface area contributed by atoms with Crippen molar-refractivity contribution in [3.8, 4) is 0 Å². The van der Waals surface area contributed by atoms with E-state index in [-0.39, 0.29) is 0 Å². The Morgan fingerprint density at radius 1 is 1.24 bits per heavy atom. The molecule has 1 aliphatic rings. The second kappa shape index (κ2) is 6.77. The Bertz CT molecular complexity index is 560. The van der Waals surface area contributed by atoms with E-state index in [9.17, 15) is 0 Å². The maximum Gasteiger partial charge on any atom is 0.147 e. The minimum atomic E-state index is 0.792. The van der Waals surface area contributed by atoms with Gasteiger partial charge in [-0.05, 0) is 13.0 Å². The van der Waals surface area contributed by atoms with Crippen molar-refractivity contribution in [3.05, 3.63) is 24.0 Å². The highest BCUT2D eigenvalue weighted by Gasteiger charge is 2.17. The number of rotatable bonds is 7. The average molecular weight is 290 g/mol. The zero-order valence-corrected chi connectivity index (χ0v) is 12.4. The Labute approximate surface area is 124 Å². The highest BCUT2D eigenvalue weighted by molar-refractivity contribution is 4.92. The largest absolute Gasteiger partial charge is 0.315 e. The van der Waals surface area contributed by atoms with E-state index in [1.54, 1.807) is 6.33 Å². The highest BCUT2D eigenvalue weighted by Crippen LogP contribution is 2.08. The lowest BCUT2D eigenvalue weighted by Gasteiger charge is -2.26. The lowest BCUT2D eigenvalue weighted by Crippen LogP contribution is -2.35. The predicted octanol–water partition coefficient (Wildman–Crippen LogP) is -0.115. The van der Waals surface area contributed by atoms with Gasteiger partial charge in [-0.15, -0.1) is 15.3 Å². The Balaban J connectivity index is 1.45. The Morgan fingerprint density at radius 2 is 2.19 bits per heavy atom. The second-order valence-corrected chi connectivity index (χ2v) is 5.37. The number of nitrogens with one attached hydrogen (secondary N) is 1. The van der Waals surface area contributed by atoms with Crippen LogP contribution in [0.2, 0.25) is 0 Å². The second-order valence-electron chi connectivity index (χ2n) is 5.37. The van der Waals surface area contributed by atoms with Crippen molar-refractivity contribution in [2.45, 2.75) is 39.5 Å². The van der Waals surface area contributed by atoms with Gasteiger partial charge in [-0.25, -0.2) is 0 Å². The van der Waals surface area contributed by atoms with Gasteiger partial charge in [0.1, 0.15) is 12.2 Å². The lowest BCUT2D eigenvalue weighted by molar-refractivity contribution is 0.206. The standard InChI is InChI=1S/C13H22N8/c1-2-3-14-8-12-9-21(18-16-12)7-5-19-4-6-20-11-15-17-13(20)10-19/h9,11,14H,2-8,10H2,1H3. The van der Waals surface area contributed by atoms with Crippen LogP contribution in [0.3, 0.4) is 0 Å². The summed E-state index contributed by atoms with van der Waals surface area (Å²) in [6.07, 6.45) is 4.96. The first-order chi connectivity index (χ1) is 10.3. The summed E-state index contributed by atoms with van der Waals surface area (Å²) in [5.74, 6) is 1.05. The van der Waals surface area contributed by atoms with Gasteiger partial charge >= 0.3 is 0 Å². The van der Waals surface area contributed by atoms with Crippen molar-refractivity contribution >= 4 is 0 Å². The van der Waals surface area contributed by atoms with Crippen LogP contribution >= 0.6 is 0 Å². The van der Waals surface area contributed by atoms with Gasteiger partial charge < -0.3 is 9.88 Å². The molecule has 3 heterocycles. The first-order valence-corrected chi connectivity index (χ1v) is 7.54. The summed E-state index contributed by atoms with van der Waals surface area (Å²) in [7, 11) is 0. The Morgan fingerprint density at radius 3 is 3.10 bits per heavy atom. The summed E-state index contributed by atoms with van der Waals surface area (Å²) in [6, 6.07) is 0. The van der Waals surface area contributed by atoms with Crippen molar-refractivity contribution in [2.75, 3.05) is 19.6 Å². The first kappa shape index (κ1) is 14.2. The fourth-order valence-electron chi connectivity index (χ4n) is 2.47. The molecule has 8 heteroatoms. The van der Waals surface area contributed by atoms with Crippen LogP contribution in [0, 0.1) is 0 Å². The molecule has 1 aliphatic heterocycles. The fourth-order valence-corrected chi connectivity index (χ4v) is 2.47. The molecule has 0 saturated heterocycles. The molecule has 2 aromatic heterocycles. The fraction of sp³-hybridized carbons (Fsp3) is 0.692. The summed E-state index contributed by atoms with van der Waals surface area (Å²) in [5.41, 5.74) is 1.00. The van der Waals surface area contributed by atoms with E-state index in [0.717, 1.165) is 63.8 Å². The Kier molecular flexibility index (Phi) is 4.56. The molecule has 114 valence electrons. The summed E-state index contributed by atoms with van der Waals surface area (Å²) in [6.45, 7) is 8.63. The van der Waals surface area contributed by atoms with Crippen LogP contribution in [0.1, 0.15) is 24.9 Å². The van der Waals surface area contributed by atoms with Gasteiger partial charge in [0.25, 0.3) is 0 Å². The molecule has 8 nitrogen and oxygen atoms in total. The normalized spacial score (nSPS) is 15.3. The van der Waals surface area contributed by atoms with Crippen molar-refractivity contribution in [3.63, 3.8) is 0 Å². The van der Waals surface area contributed by atoms with Gasteiger partial charge in [0, 0.05) is 32.4 Å². The molecule has 0 aromatic carbocycles. The average Bonchev–Trinajstić information content (AvgIpc) is 3.13. The Hall–Kier alpha value is -1.80. The third-order valence-corrected chi connectivity index (χ3v) is 3.68. The van der Waals surface area contributed by atoms with Crippen molar-refractivity contribution in [1.29, 1.82) is 0 Å². The molecular weight excluding hydrogens is 268 g/mol. The van der Waals surface area contributed by atoms with E-state index in [1.165, 1.54) is 0 Å². The molecule has 0 aliphatic carbocycles. The molecule has 0 spiro atoms. The van der Waals surface area contributed by atoms with E-state index < -0.39 is 0 Å². The monoisotopic (exact) mass is 290 g/mol. The minimum absolute atomic E-state index is 0.792. The van der Waals surface area contributed by atoms with Gasteiger partial charge in [-0.3, -0.25) is 9.58 Å². The van der Waals surface area contributed by atoms with Crippen molar-refractivity contribution in [2.24, 2.45) is 0 Å². The smallest absolute Gasteiger partial charge is 0.147 e. The quantitative estimate of drug-likeness (QED) is 0.717. The number of nitrogens with zero attached hydrogens (tertiary/aromatic N) is 7. The number of fused-ring (bicyclic) bond motifs is 1. The molecule has 0 saturated carbocycles. The van der Waals surface area contributed by atoms with Crippen LogP contribution in [0.25, 0.3) is 0 Å². The minimum Gasteiger partial charge on any atom is -0.315 e. The molecule has 0 unspecified atom stereocenters. The van der Waals surface area contributed by atoms with Crippen LogP contribution in [-0.2, 0) is 26.2 Å². The van der Waals surface area contributed by atoms with Crippen LogP contribution in [0.4, 0.5) is 0 Å². The van der Waals surface area contributed by atoms with Gasteiger partial charge in [0.05, 0.1) is 18.8 Å². The topological polar surface area (TPSA) is 76.7 Å². The van der Waals surface area contributed by atoms with Gasteiger partial charge in [-0.2, -0.15) is 0 Å². The third kappa shape index (κ3) is 3.64. The summed E-state index contributed by atoms with van der Waals surface area (Å²) in [5, 5.41) is 19.8. The summed E-state index contributed by atoms with van der Waals surface area (Å²) < 4.78 is 4.03. The molecule has 3 rings (SSSR count). The zero-order valence-electron chi connectivity index (χ0n) is 12.4. The molecule has 0 atom stereocenters. The number of hydrogen-bond donors (Lipinski definition) is 1. The highest BCUT2D eigenvalue weighted by atomic mass is 15.4. The van der Waals surface area contributed by atoms with Gasteiger partial charge in [0.2, 0.25) is 0 Å². The molecule has 0 radical (unpaired) electrons. The van der Waals surface area contributed by atoms with Crippen molar-refractivity contribution < 1.29 is 0 Å². The van der Waals surface area contributed by atoms with E-state index >= 15 is 0 Å². The SMILES string of the molecule is CCCNCc1cn(CCN2CCn3cnnc3C2)nn1. The number of hydrogen-bond acceptors (Lipinski definition) is 6. The van der Waals surface area contributed by atoms with Crippen LogP contribution < -0.4 is 5.32 Å². The summed E-state index contributed by atoms with van der Waals surface area (Å²) in [4.78, 5) is 2.38. The molecule has 2 aromatic rings. The molecule has 21 heavy (non-hydrogen) atoms. The van der Waals surface area contributed by atoms with E-state index in [0.29, 0.717) is 0 Å². The lowest BCUT2D eigenvalue weighted by atomic mass is 10.3. The molecular formula is C13H22N8.